The predicted molar refractivity (Wildman–Crippen MR) is 61.7 cm³/mol. The second-order valence-electron chi connectivity index (χ2n) is 4.57. The number of rotatable bonds is 1. The fourth-order valence-corrected chi connectivity index (χ4v) is 2.50. The number of aromatic nitrogens is 1. The molecule has 1 aromatic heterocycles. The SMILES string of the molecule is CC1CCC(C)c2c1cnc(N)c2C(=O)O. The van der Waals surface area contributed by atoms with E-state index in [2.05, 4.69) is 18.8 Å². The molecular weight excluding hydrogens is 204 g/mol. The van der Waals surface area contributed by atoms with E-state index in [1.165, 1.54) is 0 Å². The molecule has 0 amide bonds. The Morgan fingerprint density at radius 1 is 1.44 bits per heavy atom. The van der Waals surface area contributed by atoms with Crippen LogP contribution in [0.4, 0.5) is 5.82 Å². The summed E-state index contributed by atoms with van der Waals surface area (Å²) in [4.78, 5) is 15.2. The zero-order valence-electron chi connectivity index (χ0n) is 9.53. The number of hydrogen-bond donors (Lipinski definition) is 2. The summed E-state index contributed by atoms with van der Waals surface area (Å²) in [5, 5.41) is 9.21. The van der Waals surface area contributed by atoms with E-state index in [-0.39, 0.29) is 17.3 Å². The molecule has 0 aromatic carbocycles. The molecule has 1 aromatic rings. The van der Waals surface area contributed by atoms with Gasteiger partial charge in [-0.1, -0.05) is 13.8 Å². The van der Waals surface area contributed by atoms with Crippen LogP contribution in [0.3, 0.4) is 0 Å². The van der Waals surface area contributed by atoms with Gasteiger partial charge in [0.1, 0.15) is 11.4 Å². The third kappa shape index (κ3) is 1.54. The minimum Gasteiger partial charge on any atom is -0.478 e. The summed E-state index contributed by atoms with van der Waals surface area (Å²) in [6, 6.07) is 0. The molecule has 3 N–H and O–H groups in total. The third-order valence-electron chi connectivity index (χ3n) is 3.45. The molecule has 86 valence electrons. The zero-order valence-corrected chi connectivity index (χ0v) is 9.53. The summed E-state index contributed by atoms with van der Waals surface area (Å²) in [5.41, 5.74) is 7.80. The van der Waals surface area contributed by atoms with Crippen LogP contribution in [0.1, 0.15) is 60.0 Å². The van der Waals surface area contributed by atoms with E-state index in [0.29, 0.717) is 5.92 Å². The average molecular weight is 220 g/mol. The van der Waals surface area contributed by atoms with Gasteiger partial charge in [0.25, 0.3) is 0 Å². The number of pyridine rings is 1. The maximum atomic E-state index is 11.2. The van der Waals surface area contributed by atoms with Crippen LogP contribution in [-0.2, 0) is 0 Å². The first kappa shape index (κ1) is 10.9. The van der Waals surface area contributed by atoms with Gasteiger partial charge in [-0.3, -0.25) is 0 Å². The molecule has 2 rings (SSSR count). The Bertz CT molecular complexity index is 443. The Labute approximate surface area is 94.5 Å². The normalized spacial score (nSPS) is 23.9. The first-order valence-corrected chi connectivity index (χ1v) is 5.54. The Hall–Kier alpha value is -1.58. The smallest absolute Gasteiger partial charge is 0.339 e. The number of nitrogens with two attached hydrogens (primary N) is 1. The molecule has 4 nitrogen and oxygen atoms in total. The van der Waals surface area contributed by atoms with Crippen LogP contribution in [0.2, 0.25) is 0 Å². The summed E-state index contributed by atoms with van der Waals surface area (Å²) < 4.78 is 0. The van der Waals surface area contributed by atoms with Gasteiger partial charge in [0.05, 0.1) is 0 Å². The van der Waals surface area contributed by atoms with Gasteiger partial charge in [0.2, 0.25) is 0 Å². The molecule has 2 atom stereocenters. The van der Waals surface area contributed by atoms with Crippen LogP contribution >= 0.6 is 0 Å². The monoisotopic (exact) mass is 220 g/mol. The van der Waals surface area contributed by atoms with Gasteiger partial charge < -0.3 is 10.8 Å². The third-order valence-corrected chi connectivity index (χ3v) is 3.45. The van der Waals surface area contributed by atoms with Gasteiger partial charge in [-0.15, -0.1) is 0 Å². The summed E-state index contributed by atoms with van der Waals surface area (Å²) in [6.45, 7) is 4.16. The minimum atomic E-state index is -0.970. The zero-order chi connectivity index (χ0) is 11.9. The van der Waals surface area contributed by atoms with Gasteiger partial charge in [-0.05, 0) is 35.8 Å². The van der Waals surface area contributed by atoms with Crippen LogP contribution in [0.25, 0.3) is 0 Å². The lowest BCUT2D eigenvalue weighted by Crippen LogP contribution is -2.18. The molecule has 0 saturated carbocycles. The number of aromatic carboxylic acids is 1. The highest BCUT2D eigenvalue weighted by atomic mass is 16.4. The summed E-state index contributed by atoms with van der Waals surface area (Å²) in [5.74, 6) is -0.213. The molecule has 0 spiro atoms. The van der Waals surface area contributed by atoms with Crippen molar-refractivity contribution >= 4 is 11.8 Å². The highest BCUT2D eigenvalue weighted by Gasteiger charge is 2.28. The topological polar surface area (TPSA) is 76.2 Å². The number of carboxylic acids is 1. The van der Waals surface area contributed by atoms with Crippen molar-refractivity contribution in [2.75, 3.05) is 5.73 Å². The lowest BCUT2D eigenvalue weighted by molar-refractivity contribution is 0.0695. The number of nitrogen functional groups attached to an aromatic ring is 1. The number of fused-ring (bicyclic) bond motifs is 1. The number of carboxylic acid groups (broad SMARTS) is 1. The quantitative estimate of drug-likeness (QED) is 0.761. The lowest BCUT2D eigenvalue weighted by Gasteiger charge is -2.28. The molecule has 0 aliphatic heterocycles. The molecule has 16 heavy (non-hydrogen) atoms. The standard InChI is InChI=1S/C12H16N2O2/c1-6-3-4-7(2)9-8(6)5-14-11(13)10(9)12(15)16/h5-7H,3-4H2,1-2H3,(H2,13,14)(H,15,16). The molecule has 0 bridgehead atoms. The molecule has 1 aliphatic carbocycles. The molecule has 0 saturated heterocycles. The van der Waals surface area contributed by atoms with Crippen molar-refractivity contribution in [3.63, 3.8) is 0 Å². The maximum Gasteiger partial charge on any atom is 0.339 e. The fraction of sp³-hybridized carbons (Fsp3) is 0.500. The van der Waals surface area contributed by atoms with Gasteiger partial charge in [-0.2, -0.15) is 0 Å². The molecular formula is C12H16N2O2. The van der Waals surface area contributed by atoms with Gasteiger partial charge >= 0.3 is 5.97 Å². The first-order chi connectivity index (χ1) is 7.52. The lowest BCUT2D eigenvalue weighted by atomic mass is 9.77. The van der Waals surface area contributed by atoms with E-state index in [4.69, 9.17) is 5.73 Å². The van der Waals surface area contributed by atoms with Gasteiger partial charge in [0, 0.05) is 6.20 Å². The van der Waals surface area contributed by atoms with Crippen LogP contribution < -0.4 is 5.73 Å². The highest BCUT2D eigenvalue weighted by molar-refractivity contribution is 5.95. The van der Waals surface area contributed by atoms with Crippen molar-refractivity contribution < 1.29 is 9.90 Å². The second kappa shape index (κ2) is 3.77. The van der Waals surface area contributed by atoms with Gasteiger partial charge in [0.15, 0.2) is 0 Å². The van der Waals surface area contributed by atoms with Crippen molar-refractivity contribution in [1.29, 1.82) is 0 Å². The van der Waals surface area contributed by atoms with E-state index in [1.54, 1.807) is 6.20 Å². The molecule has 1 heterocycles. The van der Waals surface area contributed by atoms with Crippen LogP contribution in [0.15, 0.2) is 6.20 Å². The fourth-order valence-electron chi connectivity index (χ4n) is 2.50. The number of hydrogen-bond acceptors (Lipinski definition) is 3. The Morgan fingerprint density at radius 2 is 2.06 bits per heavy atom. The number of anilines is 1. The minimum absolute atomic E-state index is 0.132. The van der Waals surface area contributed by atoms with Crippen LogP contribution in [-0.4, -0.2) is 16.1 Å². The molecule has 0 fully saturated rings. The Morgan fingerprint density at radius 3 is 2.69 bits per heavy atom. The van der Waals surface area contributed by atoms with E-state index in [9.17, 15) is 9.90 Å². The van der Waals surface area contributed by atoms with Gasteiger partial charge in [-0.25, -0.2) is 9.78 Å². The molecule has 0 radical (unpaired) electrons. The van der Waals surface area contributed by atoms with E-state index in [0.717, 1.165) is 24.0 Å². The van der Waals surface area contributed by atoms with Crippen molar-refractivity contribution in [2.24, 2.45) is 0 Å². The van der Waals surface area contributed by atoms with Crippen molar-refractivity contribution in [3.05, 3.63) is 22.9 Å². The summed E-state index contributed by atoms with van der Waals surface area (Å²) in [7, 11) is 0. The summed E-state index contributed by atoms with van der Waals surface area (Å²) in [6.07, 6.45) is 3.83. The first-order valence-electron chi connectivity index (χ1n) is 5.54. The number of nitrogens with zero attached hydrogens (tertiary/aromatic N) is 1. The molecule has 1 aliphatic rings. The molecule has 2 unspecified atom stereocenters. The predicted octanol–water partition coefficient (Wildman–Crippen LogP) is 2.36. The van der Waals surface area contributed by atoms with Crippen LogP contribution in [0, 0.1) is 0 Å². The Balaban J connectivity index is 2.69. The maximum absolute atomic E-state index is 11.2. The van der Waals surface area contributed by atoms with E-state index < -0.39 is 5.97 Å². The largest absolute Gasteiger partial charge is 0.478 e. The molecule has 4 heteroatoms. The van der Waals surface area contributed by atoms with Crippen molar-refractivity contribution in [2.45, 2.75) is 38.5 Å². The second-order valence-corrected chi connectivity index (χ2v) is 4.57. The number of carbonyl (C=O) groups is 1. The average Bonchev–Trinajstić information content (AvgIpc) is 2.23. The van der Waals surface area contributed by atoms with Crippen molar-refractivity contribution in [1.82, 2.24) is 4.98 Å². The Kier molecular flexibility index (Phi) is 2.58. The van der Waals surface area contributed by atoms with E-state index in [1.807, 2.05) is 0 Å². The summed E-state index contributed by atoms with van der Waals surface area (Å²) >= 11 is 0. The highest BCUT2D eigenvalue weighted by Crippen LogP contribution is 2.40. The van der Waals surface area contributed by atoms with Crippen LogP contribution in [0.5, 0.6) is 0 Å². The van der Waals surface area contributed by atoms with Crippen molar-refractivity contribution in [3.8, 4) is 0 Å². The van der Waals surface area contributed by atoms with E-state index >= 15 is 0 Å².